The van der Waals surface area contributed by atoms with Gasteiger partial charge in [-0.2, -0.15) is 5.26 Å². The van der Waals surface area contributed by atoms with Crippen LogP contribution >= 0.6 is 15.9 Å². The fourth-order valence-corrected chi connectivity index (χ4v) is 1.56. The molecule has 74 valence electrons. The zero-order chi connectivity index (χ0) is 10.7. The molecular formula is C9H9BrN2O2. The number of benzene rings is 1. The summed E-state index contributed by atoms with van der Waals surface area (Å²) in [5.41, 5.74) is 6.04. The lowest BCUT2D eigenvalue weighted by atomic mass is 10.0. The quantitative estimate of drug-likeness (QED) is 0.737. The highest BCUT2D eigenvalue weighted by molar-refractivity contribution is 9.10. The monoisotopic (exact) mass is 256 g/mol. The highest BCUT2D eigenvalue weighted by Gasteiger charge is 2.14. The van der Waals surface area contributed by atoms with Crippen molar-refractivity contribution in [1.82, 2.24) is 0 Å². The highest BCUT2D eigenvalue weighted by atomic mass is 79.9. The SMILES string of the molecule is N#Cc1cc(Br)cc([C@H](N)CO)c1O. The van der Waals surface area contributed by atoms with Crippen LogP contribution in [0.1, 0.15) is 17.2 Å². The molecule has 1 rings (SSSR count). The lowest BCUT2D eigenvalue weighted by Gasteiger charge is -2.11. The summed E-state index contributed by atoms with van der Waals surface area (Å²) in [6.45, 7) is -0.283. The van der Waals surface area contributed by atoms with Gasteiger partial charge >= 0.3 is 0 Å². The molecule has 0 bridgehead atoms. The molecule has 0 aliphatic rings. The molecule has 0 spiro atoms. The van der Waals surface area contributed by atoms with Gasteiger partial charge in [0.05, 0.1) is 18.2 Å². The zero-order valence-corrected chi connectivity index (χ0v) is 8.82. The van der Waals surface area contributed by atoms with Gasteiger partial charge in [-0.3, -0.25) is 0 Å². The Morgan fingerprint density at radius 2 is 2.21 bits per heavy atom. The number of rotatable bonds is 2. The molecule has 0 aliphatic carbocycles. The molecule has 4 nitrogen and oxygen atoms in total. The van der Waals surface area contributed by atoms with Crippen LogP contribution in [0.15, 0.2) is 16.6 Å². The van der Waals surface area contributed by atoms with Crippen LogP contribution in [0.25, 0.3) is 0 Å². The molecule has 0 unspecified atom stereocenters. The fraction of sp³-hybridized carbons (Fsp3) is 0.222. The third kappa shape index (κ3) is 2.04. The largest absolute Gasteiger partial charge is 0.506 e. The number of phenolic OH excluding ortho intramolecular Hbond substituents is 1. The minimum atomic E-state index is -0.681. The van der Waals surface area contributed by atoms with Gasteiger partial charge in [-0.25, -0.2) is 0 Å². The first-order chi connectivity index (χ1) is 6.60. The summed E-state index contributed by atoms with van der Waals surface area (Å²) in [6.07, 6.45) is 0. The van der Waals surface area contributed by atoms with Gasteiger partial charge in [0, 0.05) is 10.0 Å². The van der Waals surface area contributed by atoms with Gasteiger partial charge in [0.25, 0.3) is 0 Å². The molecule has 5 heteroatoms. The van der Waals surface area contributed by atoms with Crippen LogP contribution in [0, 0.1) is 11.3 Å². The molecule has 1 atom stereocenters. The van der Waals surface area contributed by atoms with Gasteiger partial charge in [-0.15, -0.1) is 0 Å². The van der Waals surface area contributed by atoms with Crippen molar-refractivity contribution >= 4 is 15.9 Å². The number of nitrogens with zero attached hydrogens (tertiary/aromatic N) is 1. The van der Waals surface area contributed by atoms with E-state index < -0.39 is 6.04 Å². The predicted molar refractivity (Wildman–Crippen MR) is 54.5 cm³/mol. The Balaban J connectivity index is 3.30. The Labute approximate surface area is 89.7 Å². The molecule has 0 fully saturated rings. The van der Waals surface area contributed by atoms with Crippen molar-refractivity contribution in [2.75, 3.05) is 6.61 Å². The maximum Gasteiger partial charge on any atom is 0.138 e. The summed E-state index contributed by atoms with van der Waals surface area (Å²) in [6, 6.07) is 4.23. The number of aliphatic hydroxyl groups is 1. The smallest absolute Gasteiger partial charge is 0.138 e. The first-order valence-electron chi connectivity index (χ1n) is 3.89. The van der Waals surface area contributed by atoms with E-state index in [1.165, 1.54) is 6.07 Å². The van der Waals surface area contributed by atoms with Crippen LogP contribution in [0.2, 0.25) is 0 Å². The molecule has 0 aliphatic heterocycles. The van der Waals surface area contributed by atoms with E-state index in [0.29, 0.717) is 10.0 Å². The number of phenols is 1. The van der Waals surface area contributed by atoms with Crippen LogP contribution in [-0.4, -0.2) is 16.8 Å². The first-order valence-corrected chi connectivity index (χ1v) is 4.68. The van der Waals surface area contributed by atoms with Crippen molar-refractivity contribution in [3.63, 3.8) is 0 Å². The average Bonchev–Trinajstić information content (AvgIpc) is 2.19. The van der Waals surface area contributed by atoms with Crippen LogP contribution in [-0.2, 0) is 0 Å². The second kappa shape index (κ2) is 4.42. The summed E-state index contributed by atoms with van der Waals surface area (Å²) >= 11 is 3.19. The predicted octanol–water partition coefficient (Wildman–Crippen LogP) is 1.02. The van der Waals surface area contributed by atoms with Crippen molar-refractivity contribution < 1.29 is 10.2 Å². The van der Waals surface area contributed by atoms with Crippen molar-refractivity contribution in [1.29, 1.82) is 5.26 Å². The normalized spacial score (nSPS) is 12.1. The first kappa shape index (κ1) is 11.0. The minimum Gasteiger partial charge on any atom is -0.506 e. The van der Waals surface area contributed by atoms with E-state index >= 15 is 0 Å². The number of nitrogens with two attached hydrogens (primary N) is 1. The summed E-state index contributed by atoms with van der Waals surface area (Å²) in [4.78, 5) is 0. The van der Waals surface area contributed by atoms with E-state index in [9.17, 15) is 5.11 Å². The molecule has 14 heavy (non-hydrogen) atoms. The molecule has 1 aromatic rings. The Morgan fingerprint density at radius 1 is 1.57 bits per heavy atom. The number of hydrogen-bond donors (Lipinski definition) is 3. The molecule has 0 amide bonds. The fourth-order valence-electron chi connectivity index (χ4n) is 1.09. The minimum absolute atomic E-state index is 0.137. The number of halogens is 1. The van der Waals surface area contributed by atoms with Crippen molar-refractivity contribution in [3.05, 3.63) is 27.7 Å². The average molecular weight is 257 g/mol. The summed E-state index contributed by atoms with van der Waals surface area (Å²) in [5.74, 6) is -0.169. The van der Waals surface area contributed by atoms with Crippen molar-refractivity contribution in [3.8, 4) is 11.8 Å². The standard InChI is InChI=1S/C9H9BrN2O2/c10-6-1-5(3-11)9(14)7(2-6)8(12)4-13/h1-2,8,13-14H,4,12H2/t8-/m1/s1. The summed E-state index contributed by atoms with van der Waals surface area (Å²) < 4.78 is 0.644. The topological polar surface area (TPSA) is 90.3 Å². The Kier molecular flexibility index (Phi) is 3.47. The van der Waals surface area contributed by atoms with Gasteiger partial charge in [0.2, 0.25) is 0 Å². The van der Waals surface area contributed by atoms with Crippen LogP contribution < -0.4 is 5.73 Å². The Hall–Kier alpha value is -1.09. The van der Waals surface area contributed by atoms with E-state index in [1.807, 2.05) is 6.07 Å². The lowest BCUT2D eigenvalue weighted by molar-refractivity contribution is 0.265. The van der Waals surface area contributed by atoms with Gasteiger partial charge in [0.15, 0.2) is 0 Å². The molecular weight excluding hydrogens is 248 g/mol. The molecule has 0 heterocycles. The van der Waals surface area contributed by atoms with E-state index in [2.05, 4.69) is 15.9 Å². The molecule has 1 aromatic carbocycles. The van der Waals surface area contributed by atoms with Gasteiger partial charge < -0.3 is 15.9 Å². The van der Waals surface area contributed by atoms with E-state index in [0.717, 1.165) is 0 Å². The van der Waals surface area contributed by atoms with Gasteiger partial charge in [-0.1, -0.05) is 15.9 Å². The van der Waals surface area contributed by atoms with E-state index in [-0.39, 0.29) is 17.9 Å². The van der Waals surface area contributed by atoms with E-state index in [1.54, 1.807) is 6.07 Å². The zero-order valence-electron chi connectivity index (χ0n) is 7.24. The highest BCUT2D eigenvalue weighted by Crippen LogP contribution is 2.30. The number of hydrogen-bond acceptors (Lipinski definition) is 4. The second-order valence-electron chi connectivity index (χ2n) is 2.79. The van der Waals surface area contributed by atoms with Crippen LogP contribution in [0.4, 0.5) is 0 Å². The Bertz CT molecular complexity index is 387. The number of nitriles is 1. The maximum atomic E-state index is 9.58. The van der Waals surface area contributed by atoms with Crippen LogP contribution in [0.3, 0.4) is 0 Å². The molecule has 0 aromatic heterocycles. The third-order valence-corrected chi connectivity index (χ3v) is 2.28. The summed E-state index contributed by atoms with van der Waals surface area (Å²) in [7, 11) is 0. The lowest BCUT2D eigenvalue weighted by Crippen LogP contribution is -2.14. The van der Waals surface area contributed by atoms with Crippen molar-refractivity contribution in [2.45, 2.75) is 6.04 Å². The van der Waals surface area contributed by atoms with Gasteiger partial charge in [0.1, 0.15) is 11.8 Å². The maximum absolute atomic E-state index is 9.58. The number of aliphatic hydroxyl groups excluding tert-OH is 1. The van der Waals surface area contributed by atoms with Gasteiger partial charge in [-0.05, 0) is 12.1 Å². The van der Waals surface area contributed by atoms with E-state index in [4.69, 9.17) is 16.1 Å². The van der Waals surface area contributed by atoms with Crippen LogP contribution in [0.5, 0.6) is 5.75 Å². The third-order valence-electron chi connectivity index (χ3n) is 1.82. The number of aromatic hydroxyl groups is 1. The second-order valence-corrected chi connectivity index (χ2v) is 3.71. The summed E-state index contributed by atoms with van der Waals surface area (Å²) in [5, 5.41) is 27.1. The Morgan fingerprint density at radius 3 is 2.71 bits per heavy atom. The van der Waals surface area contributed by atoms with Crippen molar-refractivity contribution in [2.24, 2.45) is 5.73 Å². The molecule has 4 N–H and O–H groups in total. The molecule has 0 saturated heterocycles. The molecule has 0 saturated carbocycles. The molecule has 0 radical (unpaired) electrons.